The van der Waals surface area contributed by atoms with E-state index < -0.39 is 5.54 Å². The standard InChI is InChI=1S/C14H18FN3O/c1-4-14(16,5-2)13-17-12(19-18-13)10-7-6-9(3)8-11(10)15/h6-8H,4-5,16H2,1-3H3. The molecule has 0 unspecified atom stereocenters. The monoisotopic (exact) mass is 263 g/mol. The first-order valence-corrected chi connectivity index (χ1v) is 6.39. The summed E-state index contributed by atoms with van der Waals surface area (Å²) in [5.74, 6) is 0.225. The molecule has 1 aromatic heterocycles. The molecule has 4 nitrogen and oxygen atoms in total. The molecule has 0 fully saturated rings. The van der Waals surface area contributed by atoms with Crippen molar-refractivity contribution in [3.63, 3.8) is 0 Å². The van der Waals surface area contributed by atoms with Gasteiger partial charge in [0.15, 0.2) is 5.82 Å². The Morgan fingerprint density at radius 1 is 1.32 bits per heavy atom. The second-order valence-corrected chi connectivity index (χ2v) is 4.77. The molecule has 0 bridgehead atoms. The normalized spacial score (nSPS) is 11.8. The molecular formula is C14H18FN3O. The van der Waals surface area contributed by atoms with E-state index in [-0.39, 0.29) is 11.7 Å². The average molecular weight is 263 g/mol. The van der Waals surface area contributed by atoms with Crippen LogP contribution >= 0.6 is 0 Å². The van der Waals surface area contributed by atoms with Crippen molar-refractivity contribution in [2.45, 2.75) is 39.2 Å². The number of hydrogen-bond donors (Lipinski definition) is 1. The lowest BCUT2D eigenvalue weighted by atomic mass is 9.93. The van der Waals surface area contributed by atoms with Crippen molar-refractivity contribution in [1.82, 2.24) is 10.1 Å². The highest BCUT2D eigenvalue weighted by atomic mass is 19.1. The topological polar surface area (TPSA) is 64.9 Å². The van der Waals surface area contributed by atoms with Gasteiger partial charge in [-0.25, -0.2) is 4.39 Å². The molecule has 5 heteroatoms. The summed E-state index contributed by atoms with van der Waals surface area (Å²) in [5.41, 5.74) is 6.72. The molecule has 0 spiro atoms. The Morgan fingerprint density at radius 2 is 2.00 bits per heavy atom. The van der Waals surface area contributed by atoms with E-state index in [1.165, 1.54) is 6.07 Å². The molecule has 0 amide bonds. The second-order valence-electron chi connectivity index (χ2n) is 4.77. The van der Waals surface area contributed by atoms with Gasteiger partial charge in [-0.15, -0.1) is 0 Å². The first-order valence-electron chi connectivity index (χ1n) is 6.39. The molecule has 2 aromatic rings. The van der Waals surface area contributed by atoms with Crippen LogP contribution in [0, 0.1) is 12.7 Å². The van der Waals surface area contributed by atoms with Gasteiger partial charge in [0.25, 0.3) is 5.89 Å². The molecule has 1 aromatic carbocycles. The van der Waals surface area contributed by atoms with E-state index in [2.05, 4.69) is 10.1 Å². The van der Waals surface area contributed by atoms with E-state index in [0.29, 0.717) is 24.2 Å². The van der Waals surface area contributed by atoms with Crippen LogP contribution in [0.25, 0.3) is 11.5 Å². The zero-order valence-electron chi connectivity index (χ0n) is 11.4. The highest BCUT2D eigenvalue weighted by Crippen LogP contribution is 2.27. The fourth-order valence-electron chi connectivity index (χ4n) is 1.89. The zero-order valence-corrected chi connectivity index (χ0v) is 11.4. The number of halogens is 1. The second kappa shape index (κ2) is 5.09. The fourth-order valence-corrected chi connectivity index (χ4v) is 1.89. The van der Waals surface area contributed by atoms with Gasteiger partial charge in [0.05, 0.1) is 11.1 Å². The highest BCUT2D eigenvalue weighted by Gasteiger charge is 2.29. The number of aromatic nitrogens is 2. The minimum absolute atomic E-state index is 0.171. The van der Waals surface area contributed by atoms with E-state index in [0.717, 1.165) is 5.56 Å². The number of benzene rings is 1. The van der Waals surface area contributed by atoms with E-state index in [1.807, 2.05) is 20.8 Å². The van der Waals surface area contributed by atoms with Gasteiger partial charge in [0.2, 0.25) is 0 Å². The molecule has 102 valence electrons. The van der Waals surface area contributed by atoms with Crippen LogP contribution in [0.15, 0.2) is 22.7 Å². The first kappa shape index (κ1) is 13.7. The van der Waals surface area contributed by atoms with Gasteiger partial charge >= 0.3 is 0 Å². The van der Waals surface area contributed by atoms with Crippen LogP contribution in [-0.2, 0) is 5.54 Å². The van der Waals surface area contributed by atoms with Crippen LogP contribution in [0.5, 0.6) is 0 Å². The molecule has 1 heterocycles. The molecule has 0 aliphatic rings. The van der Waals surface area contributed by atoms with E-state index in [1.54, 1.807) is 12.1 Å². The maximum absolute atomic E-state index is 13.8. The molecule has 2 N–H and O–H groups in total. The molecule has 0 atom stereocenters. The Hall–Kier alpha value is -1.75. The molecule has 0 aliphatic heterocycles. The summed E-state index contributed by atoms with van der Waals surface area (Å²) in [6.45, 7) is 5.75. The minimum Gasteiger partial charge on any atom is -0.334 e. The van der Waals surface area contributed by atoms with Gasteiger partial charge in [0.1, 0.15) is 5.82 Å². The van der Waals surface area contributed by atoms with E-state index in [9.17, 15) is 4.39 Å². The van der Waals surface area contributed by atoms with Crippen LogP contribution in [0.3, 0.4) is 0 Å². The SMILES string of the molecule is CCC(N)(CC)c1noc(-c2ccc(C)cc2F)n1. The van der Waals surface area contributed by atoms with Crippen molar-refractivity contribution in [3.05, 3.63) is 35.4 Å². The molecule has 19 heavy (non-hydrogen) atoms. The largest absolute Gasteiger partial charge is 0.334 e. The number of hydrogen-bond acceptors (Lipinski definition) is 4. The van der Waals surface area contributed by atoms with Gasteiger partial charge < -0.3 is 10.3 Å². The summed E-state index contributed by atoms with van der Waals surface area (Å²) in [6.07, 6.45) is 1.39. The Morgan fingerprint density at radius 3 is 2.58 bits per heavy atom. The lowest BCUT2D eigenvalue weighted by Crippen LogP contribution is -2.36. The van der Waals surface area contributed by atoms with Crippen molar-refractivity contribution >= 4 is 0 Å². The van der Waals surface area contributed by atoms with Crippen LogP contribution in [0.2, 0.25) is 0 Å². The van der Waals surface area contributed by atoms with Gasteiger partial charge in [-0.3, -0.25) is 0 Å². The van der Waals surface area contributed by atoms with Crippen molar-refractivity contribution in [2.24, 2.45) is 5.73 Å². The third-order valence-electron chi connectivity index (χ3n) is 3.49. The number of nitrogens with zero attached hydrogens (tertiary/aromatic N) is 2. The number of rotatable bonds is 4. The Balaban J connectivity index is 2.41. The van der Waals surface area contributed by atoms with Crippen LogP contribution in [0.4, 0.5) is 4.39 Å². The van der Waals surface area contributed by atoms with Gasteiger partial charge in [-0.2, -0.15) is 4.98 Å². The summed E-state index contributed by atoms with van der Waals surface area (Å²) in [7, 11) is 0. The number of aryl methyl sites for hydroxylation is 1. The van der Waals surface area contributed by atoms with Gasteiger partial charge in [0, 0.05) is 0 Å². The van der Waals surface area contributed by atoms with Crippen molar-refractivity contribution in [3.8, 4) is 11.5 Å². The van der Waals surface area contributed by atoms with Crippen LogP contribution < -0.4 is 5.73 Å². The smallest absolute Gasteiger partial charge is 0.260 e. The maximum Gasteiger partial charge on any atom is 0.260 e. The molecule has 0 aliphatic carbocycles. The lowest BCUT2D eigenvalue weighted by molar-refractivity contribution is 0.350. The van der Waals surface area contributed by atoms with E-state index >= 15 is 0 Å². The van der Waals surface area contributed by atoms with Crippen molar-refractivity contribution < 1.29 is 8.91 Å². The lowest BCUT2D eigenvalue weighted by Gasteiger charge is -2.21. The zero-order chi connectivity index (χ0) is 14.0. The average Bonchev–Trinajstić information content (AvgIpc) is 2.88. The quantitative estimate of drug-likeness (QED) is 0.920. The first-order chi connectivity index (χ1) is 9.00. The van der Waals surface area contributed by atoms with Crippen LogP contribution in [0.1, 0.15) is 38.1 Å². The fraction of sp³-hybridized carbons (Fsp3) is 0.429. The minimum atomic E-state index is -0.622. The van der Waals surface area contributed by atoms with Gasteiger partial charge in [-0.1, -0.05) is 25.1 Å². The summed E-state index contributed by atoms with van der Waals surface area (Å²) in [4.78, 5) is 4.24. The molecular weight excluding hydrogens is 245 g/mol. The summed E-state index contributed by atoms with van der Waals surface area (Å²) < 4.78 is 19.0. The maximum atomic E-state index is 13.8. The summed E-state index contributed by atoms with van der Waals surface area (Å²) >= 11 is 0. The van der Waals surface area contributed by atoms with Crippen LogP contribution in [-0.4, -0.2) is 10.1 Å². The van der Waals surface area contributed by atoms with Crippen molar-refractivity contribution in [2.75, 3.05) is 0 Å². The van der Waals surface area contributed by atoms with Gasteiger partial charge in [-0.05, 0) is 37.5 Å². The van der Waals surface area contributed by atoms with E-state index in [4.69, 9.17) is 10.3 Å². The van der Waals surface area contributed by atoms with Crippen molar-refractivity contribution in [1.29, 1.82) is 0 Å². The molecule has 0 saturated heterocycles. The Kier molecular flexibility index (Phi) is 3.66. The third-order valence-corrected chi connectivity index (χ3v) is 3.49. The predicted molar refractivity (Wildman–Crippen MR) is 70.9 cm³/mol. The molecule has 2 rings (SSSR count). The number of nitrogens with two attached hydrogens (primary N) is 1. The predicted octanol–water partition coefficient (Wildman–Crippen LogP) is 3.16. The Labute approximate surface area is 111 Å². The highest BCUT2D eigenvalue weighted by molar-refractivity contribution is 5.54. The summed E-state index contributed by atoms with van der Waals surface area (Å²) in [5, 5.41) is 3.89. The summed E-state index contributed by atoms with van der Waals surface area (Å²) in [6, 6.07) is 4.88. The molecule has 0 saturated carbocycles. The third kappa shape index (κ3) is 2.51. The Bertz CT molecular complexity index is 576. The molecule has 0 radical (unpaired) electrons.